The maximum absolute atomic E-state index is 6.23. The summed E-state index contributed by atoms with van der Waals surface area (Å²) < 4.78 is 1.72. The Balaban J connectivity index is 1.67. The molecule has 0 spiro atoms. The van der Waals surface area contributed by atoms with Crippen molar-refractivity contribution >= 4 is 29.2 Å². The molecule has 2 N–H and O–H groups in total. The topological polar surface area (TPSA) is 67.1 Å². The van der Waals surface area contributed by atoms with Gasteiger partial charge in [-0.25, -0.2) is 14.7 Å². The fourth-order valence-corrected chi connectivity index (χ4v) is 2.92. The minimum Gasteiger partial charge on any atom is -0.357 e. The molecule has 3 rings (SSSR count). The van der Waals surface area contributed by atoms with Crippen LogP contribution in [0.25, 0.3) is 5.82 Å². The summed E-state index contributed by atoms with van der Waals surface area (Å²) in [5, 5.41) is 12.0. The zero-order chi connectivity index (χ0) is 19.1. The number of guanidine groups is 1. The molecule has 0 saturated heterocycles. The number of halogens is 2. The van der Waals surface area contributed by atoms with E-state index in [1.807, 2.05) is 43.5 Å². The van der Waals surface area contributed by atoms with E-state index in [1.54, 1.807) is 23.1 Å². The van der Waals surface area contributed by atoms with Gasteiger partial charge in [0, 0.05) is 41.7 Å². The highest BCUT2D eigenvalue weighted by molar-refractivity contribution is 6.35. The molecule has 3 aromatic rings. The van der Waals surface area contributed by atoms with Gasteiger partial charge in [-0.15, -0.1) is 0 Å². The molecule has 0 aliphatic rings. The van der Waals surface area contributed by atoms with E-state index in [0.717, 1.165) is 23.5 Å². The van der Waals surface area contributed by atoms with Gasteiger partial charge in [0.1, 0.15) is 0 Å². The van der Waals surface area contributed by atoms with Crippen LogP contribution in [0.5, 0.6) is 0 Å². The van der Waals surface area contributed by atoms with Crippen molar-refractivity contribution in [3.05, 3.63) is 76.2 Å². The van der Waals surface area contributed by atoms with Crippen molar-refractivity contribution in [2.75, 3.05) is 6.54 Å². The normalized spacial score (nSPS) is 11.4. The van der Waals surface area contributed by atoms with E-state index < -0.39 is 0 Å². The van der Waals surface area contributed by atoms with Crippen LogP contribution >= 0.6 is 23.2 Å². The average Bonchev–Trinajstić information content (AvgIpc) is 3.20. The highest BCUT2D eigenvalue weighted by atomic mass is 35.5. The van der Waals surface area contributed by atoms with E-state index >= 15 is 0 Å². The summed E-state index contributed by atoms with van der Waals surface area (Å²) >= 11 is 12.2. The quantitative estimate of drug-likeness (QED) is 0.485. The summed E-state index contributed by atoms with van der Waals surface area (Å²) in [6, 6.07) is 11.2. The lowest BCUT2D eigenvalue weighted by atomic mass is 10.2. The van der Waals surface area contributed by atoms with Crippen LogP contribution in [0.4, 0.5) is 0 Å². The third-order valence-electron chi connectivity index (χ3n) is 3.77. The lowest BCUT2D eigenvalue weighted by Crippen LogP contribution is -2.36. The molecule has 27 heavy (non-hydrogen) atoms. The average molecular weight is 403 g/mol. The standard InChI is InChI=1S/C19H20Cl2N6/c1-2-22-19(25-13-15-4-5-16(20)11-17(15)21)24-12-14-6-8-23-18(10-14)27-9-3-7-26-27/h3-11H,2,12-13H2,1H3,(H2,22,24,25). The number of nitrogens with one attached hydrogen (secondary N) is 2. The Morgan fingerprint density at radius 1 is 1.15 bits per heavy atom. The molecule has 8 heteroatoms. The van der Waals surface area contributed by atoms with Crippen molar-refractivity contribution in [3.8, 4) is 5.82 Å². The van der Waals surface area contributed by atoms with Crippen molar-refractivity contribution in [1.82, 2.24) is 25.4 Å². The van der Waals surface area contributed by atoms with Gasteiger partial charge in [-0.1, -0.05) is 29.3 Å². The van der Waals surface area contributed by atoms with Crippen LogP contribution < -0.4 is 10.6 Å². The third-order valence-corrected chi connectivity index (χ3v) is 4.36. The largest absolute Gasteiger partial charge is 0.357 e. The second-order valence-corrected chi connectivity index (χ2v) is 6.60. The van der Waals surface area contributed by atoms with Gasteiger partial charge in [-0.2, -0.15) is 5.10 Å². The molecule has 0 saturated carbocycles. The molecule has 0 unspecified atom stereocenters. The van der Waals surface area contributed by atoms with Crippen LogP contribution in [0.1, 0.15) is 18.1 Å². The first-order chi connectivity index (χ1) is 13.2. The molecule has 0 aliphatic heterocycles. The van der Waals surface area contributed by atoms with E-state index in [-0.39, 0.29) is 0 Å². The number of hydrogen-bond acceptors (Lipinski definition) is 3. The minimum atomic E-state index is 0.514. The molecule has 0 aliphatic carbocycles. The fourth-order valence-electron chi connectivity index (χ4n) is 2.44. The molecule has 0 bridgehead atoms. The predicted molar refractivity (Wildman–Crippen MR) is 109 cm³/mol. The molecule has 2 aromatic heterocycles. The molecule has 140 valence electrons. The van der Waals surface area contributed by atoms with Crippen molar-refractivity contribution in [2.24, 2.45) is 4.99 Å². The highest BCUT2D eigenvalue weighted by Gasteiger charge is 2.04. The van der Waals surface area contributed by atoms with Gasteiger partial charge in [0.15, 0.2) is 11.8 Å². The summed E-state index contributed by atoms with van der Waals surface area (Å²) in [4.78, 5) is 8.97. The second-order valence-electron chi connectivity index (χ2n) is 5.76. The van der Waals surface area contributed by atoms with Gasteiger partial charge in [0.25, 0.3) is 0 Å². The van der Waals surface area contributed by atoms with Crippen molar-refractivity contribution in [3.63, 3.8) is 0 Å². The number of benzene rings is 1. The third kappa shape index (κ3) is 5.45. The molecule has 1 aromatic carbocycles. The number of pyridine rings is 1. The van der Waals surface area contributed by atoms with Crippen LogP contribution in [0.15, 0.2) is 60.0 Å². The number of aliphatic imine (C=N–C) groups is 1. The van der Waals surface area contributed by atoms with Gasteiger partial charge in [0.2, 0.25) is 0 Å². The fraction of sp³-hybridized carbons (Fsp3) is 0.211. The zero-order valence-corrected chi connectivity index (χ0v) is 16.4. The van der Waals surface area contributed by atoms with Gasteiger partial charge in [-0.3, -0.25) is 0 Å². The summed E-state index contributed by atoms with van der Waals surface area (Å²) in [6.45, 7) is 3.85. The van der Waals surface area contributed by atoms with Crippen LogP contribution in [0, 0.1) is 0 Å². The van der Waals surface area contributed by atoms with E-state index in [4.69, 9.17) is 23.2 Å². The predicted octanol–water partition coefficient (Wildman–Crippen LogP) is 3.83. The van der Waals surface area contributed by atoms with Crippen LogP contribution in [0.3, 0.4) is 0 Å². The molecule has 0 fully saturated rings. The maximum Gasteiger partial charge on any atom is 0.191 e. The van der Waals surface area contributed by atoms with Crippen LogP contribution in [-0.4, -0.2) is 27.3 Å². The smallest absolute Gasteiger partial charge is 0.191 e. The van der Waals surface area contributed by atoms with Crippen LogP contribution in [-0.2, 0) is 13.1 Å². The van der Waals surface area contributed by atoms with Gasteiger partial charge in [-0.05, 0) is 48.4 Å². The summed E-state index contributed by atoms with van der Waals surface area (Å²) in [5.74, 6) is 1.47. The molecule has 6 nitrogen and oxygen atoms in total. The van der Waals surface area contributed by atoms with Crippen molar-refractivity contribution in [1.29, 1.82) is 0 Å². The Kier molecular flexibility index (Phi) is 6.68. The van der Waals surface area contributed by atoms with Crippen molar-refractivity contribution < 1.29 is 0 Å². The van der Waals surface area contributed by atoms with Crippen LogP contribution in [0.2, 0.25) is 10.0 Å². The zero-order valence-electron chi connectivity index (χ0n) is 14.9. The van der Waals surface area contributed by atoms with Gasteiger partial charge in [0.05, 0.1) is 6.54 Å². The highest BCUT2D eigenvalue weighted by Crippen LogP contribution is 2.20. The Hall–Kier alpha value is -2.57. The molecular weight excluding hydrogens is 383 g/mol. The minimum absolute atomic E-state index is 0.514. The summed E-state index contributed by atoms with van der Waals surface area (Å²) in [6.07, 6.45) is 5.34. The first-order valence-electron chi connectivity index (χ1n) is 8.56. The molecule has 2 heterocycles. The van der Waals surface area contributed by atoms with E-state index in [9.17, 15) is 0 Å². The lowest BCUT2D eigenvalue weighted by molar-refractivity contribution is 0.813. The van der Waals surface area contributed by atoms with E-state index in [0.29, 0.717) is 29.1 Å². The second kappa shape index (κ2) is 9.39. The first-order valence-corrected chi connectivity index (χ1v) is 9.32. The first kappa shape index (κ1) is 19.2. The Bertz CT molecular complexity index is 908. The number of aromatic nitrogens is 3. The number of hydrogen-bond donors (Lipinski definition) is 2. The van der Waals surface area contributed by atoms with Gasteiger partial charge >= 0.3 is 0 Å². The summed E-state index contributed by atoms with van der Waals surface area (Å²) in [7, 11) is 0. The molecule has 0 radical (unpaired) electrons. The van der Waals surface area contributed by atoms with E-state index in [2.05, 4.69) is 25.7 Å². The molecule has 0 amide bonds. The molecule has 0 atom stereocenters. The van der Waals surface area contributed by atoms with Crippen molar-refractivity contribution in [2.45, 2.75) is 20.0 Å². The number of rotatable bonds is 6. The van der Waals surface area contributed by atoms with E-state index in [1.165, 1.54) is 0 Å². The monoisotopic (exact) mass is 402 g/mol. The Labute approximate surface area is 168 Å². The summed E-state index contributed by atoms with van der Waals surface area (Å²) in [5.41, 5.74) is 1.99. The molecular formula is C19H20Cl2N6. The Morgan fingerprint density at radius 2 is 2.04 bits per heavy atom. The lowest BCUT2D eigenvalue weighted by Gasteiger charge is -2.12. The van der Waals surface area contributed by atoms with Gasteiger partial charge < -0.3 is 10.6 Å². The number of nitrogens with zero attached hydrogens (tertiary/aromatic N) is 4. The Morgan fingerprint density at radius 3 is 2.78 bits per heavy atom. The maximum atomic E-state index is 6.23. The SMILES string of the molecule is CCNC(=NCc1ccnc(-n2cccn2)c1)NCc1ccc(Cl)cc1Cl.